The van der Waals surface area contributed by atoms with E-state index in [-0.39, 0.29) is 17.6 Å². The summed E-state index contributed by atoms with van der Waals surface area (Å²) in [7, 11) is 0. The van der Waals surface area contributed by atoms with Crippen LogP contribution >= 0.6 is 11.3 Å². The van der Waals surface area contributed by atoms with Gasteiger partial charge in [0.05, 0.1) is 10.4 Å². The molecule has 2 heterocycles. The van der Waals surface area contributed by atoms with Gasteiger partial charge in [0.1, 0.15) is 11.5 Å². The first-order chi connectivity index (χ1) is 8.50. The van der Waals surface area contributed by atoms with Gasteiger partial charge in [0, 0.05) is 11.8 Å². The van der Waals surface area contributed by atoms with Crippen LogP contribution in [0.15, 0.2) is 28.0 Å². The van der Waals surface area contributed by atoms with E-state index in [1.807, 2.05) is 51.3 Å². The summed E-state index contributed by atoms with van der Waals surface area (Å²) >= 11 is 1.62. The number of hydrogen-bond donors (Lipinski definition) is 0. The molecule has 0 spiro atoms. The molecule has 18 heavy (non-hydrogen) atoms. The Bertz CT molecular complexity index is 533. The maximum Gasteiger partial charge on any atom is 0.168 e. The van der Waals surface area contributed by atoms with E-state index in [1.54, 1.807) is 11.3 Å². The molecule has 0 aromatic carbocycles. The number of rotatable bonds is 4. The number of carbonyl (C=O) groups excluding carboxylic acids is 1. The zero-order valence-electron chi connectivity index (χ0n) is 11.2. The highest BCUT2D eigenvalue weighted by Gasteiger charge is 2.22. The van der Waals surface area contributed by atoms with Crippen LogP contribution in [0.3, 0.4) is 0 Å². The van der Waals surface area contributed by atoms with Gasteiger partial charge in [-0.3, -0.25) is 4.79 Å². The topological polar surface area (TPSA) is 30.2 Å². The number of ketones is 1. The van der Waals surface area contributed by atoms with Gasteiger partial charge in [0.15, 0.2) is 5.78 Å². The van der Waals surface area contributed by atoms with Crippen molar-refractivity contribution >= 4 is 17.1 Å². The summed E-state index contributed by atoms with van der Waals surface area (Å²) in [6.07, 6.45) is 0. The van der Waals surface area contributed by atoms with Crippen LogP contribution in [-0.4, -0.2) is 5.78 Å². The summed E-state index contributed by atoms with van der Waals surface area (Å²) in [5, 5.41) is 2.01. The second-order valence-electron chi connectivity index (χ2n) is 5.04. The van der Waals surface area contributed by atoms with E-state index in [0.29, 0.717) is 0 Å². The number of hydrogen-bond acceptors (Lipinski definition) is 3. The molecule has 0 saturated carbocycles. The van der Waals surface area contributed by atoms with Crippen LogP contribution in [0.2, 0.25) is 0 Å². The summed E-state index contributed by atoms with van der Waals surface area (Å²) < 4.78 is 5.88. The van der Waals surface area contributed by atoms with Crippen molar-refractivity contribution in [2.24, 2.45) is 5.92 Å². The number of furan rings is 1. The molecule has 0 N–H and O–H groups in total. The van der Waals surface area contributed by atoms with Crippen LogP contribution in [-0.2, 0) is 0 Å². The minimum atomic E-state index is -0.00344. The molecule has 0 aliphatic heterocycles. The van der Waals surface area contributed by atoms with Gasteiger partial charge in [0.25, 0.3) is 0 Å². The fraction of sp³-hybridized carbons (Fsp3) is 0.400. The van der Waals surface area contributed by atoms with E-state index >= 15 is 0 Å². The molecule has 0 atom stereocenters. The first-order valence-electron chi connectivity index (χ1n) is 6.22. The highest BCUT2D eigenvalue weighted by molar-refractivity contribution is 7.13. The van der Waals surface area contributed by atoms with Gasteiger partial charge >= 0.3 is 0 Å². The van der Waals surface area contributed by atoms with E-state index in [9.17, 15) is 4.79 Å². The second kappa shape index (κ2) is 5.11. The lowest BCUT2D eigenvalue weighted by atomic mass is 9.97. The number of thiophene rings is 1. The van der Waals surface area contributed by atoms with Gasteiger partial charge < -0.3 is 4.42 Å². The van der Waals surface area contributed by atoms with Crippen molar-refractivity contribution in [2.45, 2.75) is 33.6 Å². The molecule has 0 amide bonds. The lowest BCUT2D eigenvalue weighted by Gasteiger charge is -2.06. The van der Waals surface area contributed by atoms with Crippen molar-refractivity contribution in [3.63, 3.8) is 0 Å². The Balaban J connectivity index is 2.48. The fourth-order valence-electron chi connectivity index (χ4n) is 1.88. The maximum absolute atomic E-state index is 12.2. The summed E-state index contributed by atoms with van der Waals surface area (Å²) in [5.74, 6) is 1.98. The molecule has 0 unspecified atom stereocenters. The Morgan fingerprint density at radius 1 is 1.28 bits per heavy atom. The number of carbonyl (C=O) groups is 1. The largest absolute Gasteiger partial charge is 0.459 e. The molecule has 2 nitrogen and oxygen atoms in total. The quantitative estimate of drug-likeness (QED) is 0.728. The Hall–Kier alpha value is -1.35. The number of Topliss-reactive ketones (excluding diaryl/α,β-unsaturated/α-hetero) is 1. The van der Waals surface area contributed by atoms with Crippen molar-refractivity contribution < 1.29 is 9.21 Å². The SMILES string of the molecule is CC(C)C(=O)c1cc(-c2cccs2)oc1C(C)C. The van der Waals surface area contributed by atoms with Crippen LogP contribution in [0.25, 0.3) is 10.6 Å². The van der Waals surface area contributed by atoms with Crippen LogP contribution < -0.4 is 0 Å². The Labute approximate surface area is 112 Å². The average molecular weight is 262 g/mol. The molecule has 2 aromatic heterocycles. The normalized spacial score (nSPS) is 11.4. The maximum atomic E-state index is 12.2. The van der Waals surface area contributed by atoms with Gasteiger partial charge in [-0.05, 0) is 17.5 Å². The summed E-state index contributed by atoms with van der Waals surface area (Å²) in [5.41, 5.74) is 0.739. The fourth-order valence-corrected chi connectivity index (χ4v) is 2.56. The molecule has 0 fully saturated rings. The zero-order valence-corrected chi connectivity index (χ0v) is 12.0. The lowest BCUT2D eigenvalue weighted by Crippen LogP contribution is -2.09. The van der Waals surface area contributed by atoms with Crippen molar-refractivity contribution in [1.82, 2.24) is 0 Å². The standard InChI is InChI=1S/C15H18O2S/c1-9(2)14(16)11-8-12(13-6-5-7-18-13)17-15(11)10(3)4/h5-10H,1-4H3. The van der Waals surface area contributed by atoms with Gasteiger partial charge in [0.2, 0.25) is 0 Å². The molecule has 96 valence electrons. The first kappa shape index (κ1) is 13.1. The third-order valence-electron chi connectivity index (χ3n) is 2.84. The highest BCUT2D eigenvalue weighted by atomic mass is 32.1. The summed E-state index contributed by atoms with van der Waals surface area (Å²) in [6, 6.07) is 5.89. The van der Waals surface area contributed by atoms with Crippen LogP contribution in [0.1, 0.15) is 49.7 Å². The molecule has 0 radical (unpaired) electrons. The van der Waals surface area contributed by atoms with E-state index in [4.69, 9.17) is 4.42 Å². The van der Waals surface area contributed by atoms with Crippen molar-refractivity contribution in [3.8, 4) is 10.6 Å². The average Bonchev–Trinajstić information content (AvgIpc) is 2.96. The minimum Gasteiger partial charge on any atom is -0.459 e. The van der Waals surface area contributed by atoms with E-state index in [2.05, 4.69) is 0 Å². The second-order valence-corrected chi connectivity index (χ2v) is 5.99. The third-order valence-corrected chi connectivity index (χ3v) is 3.72. The molecular formula is C15H18O2S. The predicted molar refractivity (Wildman–Crippen MR) is 75.3 cm³/mol. The Morgan fingerprint density at radius 3 is 2.50 bits per heavy atom. The van der Waals surface area contributed by atoms with E-state index in [1.165, 1.54) is 0 Å². The molecule has 3 heteroatoms. The minimum absolute atomic E-state index is 0.00344. The zero-order chi connectivity index (χ0) is 13.3. The predicted octanol–water partition coefficient (Wildman–Crippen LogP) is 4.97. The third kappa shape index (κ3) is 2.41. The molecule has 2 aromatic rings. The van der Waals surface area contributed by atoms with E-state index in [0.717, 1.165) is 22.0 Å². The lowest BCUT2D eigenvalue weighted by molar-refractivity contribution is 0.0937. The Kier molecular flexibility index (Phi) is 3.71. The van der Waals surface area contributed by atoms with Gasteiger partial charge in [-0.15, -0.1) is 11.3 Å². The highest BCUT2D eigenvalue weighted by Crippen LogP contribution is 2.33. The molecular weight excluding hydrogens is 244 g/mol. The molecule has 0 aliphatic rings. The Morgan fingerprint density at radius 2 is 2.00 bits per heavy atom. The first-order valence-corrected chi connectivity index (χ1v) is 7.10. The monoisotopic (exact) mass is 262 g/mol. The molecule has 0 aliphatic carbocycles. The molecule has 2 rings (SSSR count). The van der Waals surface area contributed by atoms with Crippen LogP contribution in [0.4, 0.5) is 0 Å². The van der Waals surface area contributed by atoms with Crippen LogP contribution in [0, 0.1) is 5.92 Å². The molecule has 0 bridgehead atoms. The van der Waals surface area contributed by atoms with Crippen molar-refractivity contribution in [3.05, 3.63) is 34.9 Å². The molecule has 0 saturated heterocycles. The summed E-state index contributed by atoms with van der Waals surface area (Å²) in [4.78, 5) is 13.3. The van der Waals surface area contributed by atoms with Crippen LogP contribution in [0.5, 0.6) is 0 Å². The van der Waals surface area contributed by atoms with E-state index < -0.39 is 0 Å². The smallest absolute Gasteiger partial charge is 0.168 e. The van der Waals surface area contributed by atoms with Gasteiger partial charge in [-0.1, -0.05) is 33.8 Å². The summed E-state index contributed by atoms with van der Waals surface area (Å²) in [6.45, 7) is 7.94. The van der Waals surface area contributed by atoms with Crippen molar-refractivity contribution in [2.75, 3.05) is 0 Å². The van der Waals surface area contributed by atoms with Crippen molar-refractivity contribution in [1.29, 1.82) is 0 Å². The van der Waals surface area contributed by atoms with Gasteiger partial charge in [-0.2, -0.15) is 0 Å². The van der Waals surface area contributed by atoms with Gasteiger partial charge in [-0.25, -0.2) is 0 Å².